The summed E-state index contributed by atoms with van der Waals surface area (Å²) in [5.41, 5.74) is 0.507. The predicted octanol–water partition coefficient (Wildman–Crippen LogP) is 2.28. The topological polar surface area (TPSA) is 80.0 Å². The van der Waals surface area contributed by atoms with Crippen LogP contribution < -0.4 is 5.32 Å². The van der Waals surface area contributed by atoms with E-state index in [1.54, 1.807) is 12.1 Å². The highest BCUT2D eigenvalue weighted by atomic mass is 19.1. The van der Waals surface area contributed by atoms with Gasteiger partial charge in [-0.05, 0) is 24.1 Å². The molecule has 0 aliphatic carbocycles. The second-order valence-corrected chi connectivity index (χ2v) is 6.36. The molecule has 0 bridgehead atoms. The SMILES string of the molecule is CC(C)c1nc(C(=O)NCC(O)C(C)C)nn1-c1cccc(F)c1. The van der Waals surface area contributed by atoms with E-state index in [2.05, 4.69) is 15.4 Å². The van der Waals surface area contributed by atoms with Crippen LogP contribution >= 0.6 is 0 Å². The minimum Gasteiger partial charge on any atom is -0.391 e. The Balaban J connectivity index is 2.26. The minimum absolute atomic E-state index is 0.00100. The Morgan fingerprint density at radius 2 is 2.04 bits per heavy atom. The molecule has 2 aromatic rings. The molecule has 7 heteroatoms. The number of aliphatic hydroxyl groups excluding tert-OH is 1. The lowest BCUT2D eigenvalue weighted by Crippen LogP contribution is -2.35. The summed E-state index contributed by atoms with van der Waals surface area (Å²) < 4.78 is 14.9. The molecule has 2 N–H and O–H groups in total. The molecule has 0 saturated heterocycles. The first kappa shape index (κ1) is 18.1. The van der Waals surface area contributed by atoms with E-state index in [1.807, 2.05) is 27.7 Å². The average molecular weight is 334 g/mol. The van der Waals surface area contributed by atoms with E-state index in [1.165, 1.54) is 16.8 Å². The van der Waals surface area contributed by atoms with Crippen LogP contribution in [0.25, 0.3) is 5.69 Å². The van der Waals surface area contributed by atoms with Gasteiger partial charge in [0.05, 0.1) is 11.8 Å². The lowest BCUT2D eigenvalue weighted by atomic mass is 10.1. The van der Waals surface area contributed by atoms with Gasteiger partial charge in [0.2, 0.25) is 5.82 Å². The van der Waals surface area contributed by atoms with Gasteiger partial charge >= 0.3 is 0 Å². The fourth-order valence-corrected chi connectivity index (χ4v) is 2.10. The Morgan fingerprint density at radius 3 is 2.62 bits per heavy atom. The van der Waals surface area contributed by atoms with Crippen molar-refractivity contribution >= 4 is 5.91 Å². The van der Waals surface area contributed by atoms with Crippen LogP contribution in [0.2, 0.25) is 0 Å². The number of nitrogens with zero attached hydrogens (tertiary/aromatic N) is 3. The molecule has 1 amide bonds. The largest absolute Gasteiger partial charge is 0.391 e. The van der Waals surface area contributed by atoms with Crippen LogP contribution in [0.3, 0.4) is 0 Å². The van der Waals surface area contributed by atoms with E-state index < -0.39 is 12.0 Å². The summed E-state index contributed by atoms with van der Waals surface area (Å²) in [5, 5.41) is 16.6. The number of aromatic nitrogens is 3. The standard InChI is InChI=1S/C17H23FN4O2/c1-10(2)14(23)9-19-17(24)15-20-16(11(3)4)22(21-15)13-7-5-6-12(18)8-13/h5-8,10-11,14,23H,9H2,1-4H3,(H,19,24). The number of nitrogens with one attached hydrogen (secondary N) is 1. The molecule has 0 radical (unpaired) electrons. The molecule has 1 atom stereocenters. The Labute approximate surface area is 140 Å². The molecule has 0 fully saturated rings. The van der Waals surface area contributed by atoms with Crippen molar-refractivity contribution in [3.05, 3.63) is 41.7 Å². The van der Waals surface area contributed by atoms with Crippen molar-refractivity contribution in [2.75, 3.05) is 6.54 Å². The zero-order valence-electron chi connectivity index (χ0n) is 14.3. The summed E-state index contributed by atoms with van der Waals surface area (Å²) in [6, 6.07) is 5.96. The maximum absolute atomic E-state index is 13.5. The molecule has 0 aliphatic rings. The summed E-state index contributed by atoms with van der Waals surface area (Å²) in [6.07, 6.45) is -0.635. The number of halogens is 1. The van der Waals surface area contributed by atoms with Gasteiger partial charge < -0.3 is 10.4 Å². The lowest BCUT2D eigenvalue weighted by molar-refractivity contribution is 0.0862. The summed E-state index contributed by atoms with van der Waals surface area (Å²) in [5.74, 6) is -0.248. The normalized spacial score (nSPS) is 12.7. The van der Waals surface area contributed by atoms with E-state index in [-0.39, 0.29) is 30.0 Å². The van der Waals surface area contributed by atoms with Crippen LogP contribution in [0.1, 0.15) is 50.1 Å². The van der Waals surface area contributed by atoms with Crippen LogP contribution in [-0.4, -0.2) is 38.4 Å². The molecule has 24 heavy (non-hydrogen) atoms. The summed E-state index contributed by atoms with van der Waals surface area (Å²) in [4.78, 5) is 16.5. The number of carbonyl (C=O) groups is 1. The van der Waals surface area contributed by atoms with Gasteiger partial charge in [0.15, 0.2) is 0 Å². The molecule has 1 unspecified atom stereocenters. The molecule has 0 aliphatic heterocycles. The minimum atomic E-state index is -0.635. The summed E-state index contributed by atoms with van der Waals surface area (Å²) in [6.45, 7) is 7.70. The molecule has 2 rings (SSSR count). The van der Waals surface area contributed by atoms with Crippen molar-refractivity contribution in [1.29, 1.82) is 0 Å². The summed E-state index contributed by atoms with van der Waals surface area (Å²) >= 11 is 0. The maximum atomic E-state index is 13.5. The first-order chi connectivity index (χ1) is 11.3. The van der Waals surface area contributed by atoms with Gasteiger partial charge in [-0.25, -0.2) is 14.1 Å². The zero-order valence-corrected chi connectivity index (χ0v) is 14.3. The van der Waals surface area contributed by atoms with Crippen molar-refractivity contribution < 1.29 is 14.3 Å². The fraction of sp³-hybridized carbons (Fsp3) is 0.471. The van der Waals surface area contributed by atoms with Gasteiger partial charge in [0, 0.05) is 12.5 Å². The van der Waals surface area contributed by atoms with Crippen LogP contribution in [0.15, 0.2) is 24.3 Å². The Morgan fingerprint density at radius 1 is 1.33 bits per heavy atom. The molecule has 1 aromatic heterocycles. The van der Waals surface area contributed by atoms with Crippen LogP contribution in [0, 0.1) is 11.7 Å². The van der Waals surface area contributed by atoms with E-state index in [0.29, 0.717) is 11.5 Å². The van der Waals surface area contributed by atoms with E-state index in [0.717, 1.165) is 0 Å². The van der Waals surface area contributed by atoms with Crippen molar-refractivity contribution in [2.45, 2.75) is 39.7 Å². The Bertz CT molecular complexity index is 712. The summed E-state index contributed by atoms with van der Waals surface area (Å²) in [7, 11) is 0. The van der Waals surface area contributed by atoms with E-state index >= 15 is 0 Å². The van der Waals surface area contributed by atoms with Gasteiger partial charge in [-0.15, -0.1) is 5.10 Å². The quantitative estimate of drug-likeness (QED) is 0.849. The third-order valence-electron chi connectivity index (χ3n) is 3.65. The highest BCUT2D eigenvalue weighted by Gasteiger charge is 2.20. The molecule has 0 saturated carbocycles. The van der Waals surface area contributed by atoms with Crippen molar-refractivity contribution in [1.82, 2.24) is 20.1 Å². The third-order valence-corrected chi connectivity index (χ3v) is 3.65. The van der Waals surface area contributed by atoms with Crippen molar-refractivity contribution in [3.63, 3.8) is 0 Å². The maximum Gasteiger partial charge on any atom is 0.291 e. The highest BCUT2D eigenvalue weighted by Crippen LogP contribution is 2.18. The van der Waals surface area contributed by atoms with E-state index in [4.69, 9.17) is 0 Å². The van der Waals surface area contributed by atoms with Crippen LogP contribution in [0.4, 0.5) is 4.39 Å². The van der Waals surface area contributed by atoms with Gasteiger partial charge in [-0.3, -0.25) is 4.79 Å². The Kier molecular flexibility index (Phi) is 5.66. The number of rotatable bonds is 6. The first-order valence-electron chi connectivity index (χ1n) is 7.98. The zero-order chi connectivity index (χ0) is 17.9. The van der Waals surface area contributed by atoms with Gasteiger partial charge in [0.1, 0.15) is 11.6 Å². The van der Waals surface area contributed by atoms with Gasteiger partial charge in [-0.2, -0.15) is 0 Å². The first-order valence-corrected chi connectivity index (χ1v) is 7.98. The number of hydrogen-bond donors (Lipinski definition) is 2. The molecular weight excluding hydrogens is 311 g/mol. The van der Waals surface area contributed by atoms with Crippen molar-refractivity contribution in [3.8, 4) is 5.69 Å². The van der Waals surface area contributed by atoms with Crippen molar-refractivity contribution in [2.24, 2.45) is 5.92 Å². The van der Waals surface area contributed by atoms with Crippen LogP contribution in [-0.2, 0) is 0 Å². The molecular formula is C17H23FN4O2. The second-order valence-electron chi connectivity index (χ2n) is 6.36. The number of benzene rings is 1. The number of aliphatic hydroxyl groups is 1. The monoisotopic (exact) mass is 334 g/mol. The average Bonchev–Trinajstić information content (AvgIpc) is 2.97. The van der Waals surface area contributed by atoms with Crippen LogP contribution in [0.5, 0.6) is 0 Å². The van der Waals surface area contributed by atoms with Gasteiger partial charge in [-0.1, -0.05) is 33.8 Å². The molecule has 130 valence electrons. The molecule has 1 heterocycles. The Hall–Kier alpha value is -2.28. The number of carbonyl (C=O) groups excluding carboxylic acids is 1. The fourth-order valence-electron chi connectivity index (χ4n) is 2.10. The smallest absolute Gasteiger partial charge is 0.291 e. The molecule has 1 aromatic carbocycles. The van der Waals surface area contributed by atoms with Gasteiger partial charge in [0.25, 0.3) is 5.91 Å². The highest BCUT2D eigenvalue weighted by molar-refractivity contribution is 5.90. The predicted molar refractivity (Wildman–Crippen MR) is 88.6 cm³/mol. The number of amides is 1. The second kappa shape index (κ2) is 7.53. The molecule has 0 spiro atoms. The lowest BCUT2D eigenvalue weighted by Gasteiger charge is -2.14. The van der Waals surface area contributed by atoms with E-state index in [9.17, 15) is 14.3 Å². The third kappa shape index (κ3) is 4.17. The number of hydrogen-bond acceptors (Lipinski definition) is 4. The molecule has 6 nitrogen and oxygen atoms in total.